The number of rotatable bonds is 4. The van der Waals surface area contributed by atoms with Crippen molar-refractivity contribution in [2.75, 3.05) is 7.11 Å². The highest BCUT2D eigenvalue weighted by Gasteiger charge is 2.43. The fourth-order valence-corrected chi connectivity index (χ4v) is 2.67. The van der Waals surface area contributed by atoms with E-state index in [0.717, 1.165) is 31.2 Å². The molecule has 1 aliphatic carbocycles. The Kier molecular flexibility index (Phi) is 3.62. The van der Waals surface area contributed by atoms with Crippen LogP contribution in [0.4, 0.5) is 0 Å². The predicted octanol–water partition coefficient (Wildman–Crippen LogP) is 3.38. The molecular formula is C15H22O3. The zero-order valence-electron chi connectivity index (χ0n) is 11.5. The average molecular weight is 250 g/mol. The summed E-state index contributed by atoms with van der Waals surface area (Å²) in [6.45, 7) is 4.51. The lowest BCUT2D eigenvalue weighted by atomic mass is 9.69. The molecule has 0 aromatic carbocycles. The van der Waals surface area contributed by atoms with Crippen LogP contribution in [0.25, 0.3) is 0 Å². The Labute approximate surface area is 109 Å². The van der Waals surface area contributed by atoms with Crippen molar-refractivity contribution < 1.29 is 13.9 Å². The number of methoxy groups -OCH3 is 1. The molecular weight excluding hydrogens is 228 g/mol. The summed E-state index contributed by atoms with van der Waals surface area (Å²) in [6.07, 6.45) is 7.38. The van der Waals surface area contributed by atoms with Gasteiger partial charge in [-0.2, -0.15) is 0 Å². The molecule has 0 amide bonds. The molecule has 0 aliphatic heterocycles. The maximum Gasteiger partial charge on any atom is 0.169 e. The zero-order chi connectivity index (χ0) is 13.2. The third-order valence-electron chi connectivity index (χ3n) is 4.25. The minimum absolute atomic E-state index is 0.182. The summed E-state index contributed by atoms with van der Waals surface area (Å²) in [5.74, 6) is 0.182. The fraction of sp³-hybridized carbons (Fsp3) is 0.667. The van der Waals surface area contributed by atoms with Gasteiger partial charge in [-0.15, -0.1) is 0 Å². The molecule has 1 fully saturated rings. The maximum atomic E-state index is 12.5. The van der Waals surface area contributed by atoms with E-state index in [1.54, 1.807) is 19.6 Å². The topological polar surface area (TPSA) is 39.4 Å². The lowest BCUT2D eigenvalue weighted by molar-refractivity contribution is -0.147. The van der Waals surface area contributed by atoms with Crippen molar-refractivity contribution in [2.24, 2.45) is 5.41 Å². The summed E-state index contributed by atoms with van der Waals surface area (Å²) in [4.78, 5) is 12.5. The van der Waals surface area contributed by atoms with E-state index in [4.69, 9.17) is 9.15 Å². The molecule has 100 valence electrons. The third kappa shape index (κ3) is 2.66. The van der Waals surface area contributed by atoms with Gasteiger partial charge in [0.15, 0.2) is 5.78 Å². The first kappa shape index (κ1) is 13.3. The monoisotopic (exact) mass is 250 g/mol. The molecule has 1 aromatic rings. The van der Waals surface area contributed by atoms with Crippen molar-refractivity contribution >= 4 is 5.78 Å². The van der Waals surface area contributed by atoms with Crippen molar-refractivity contribution in [2.45, 2.75) is 51.6 Å². The van der Waals surface area contributed by atoms with E-state index in [1.807, 2.05) is 6.07 Å². The van der Waals surface area contributed by atoms with Crippen LogP contribution in [0.2, 0.25) is 0 Å². The molecule has 0 spiro atoms. The van der Waals surface area contributed by atoms with Gasteiger partial charge in [0.05, 0.1) is 12.5 Å². The highest BCUT2D eigenvalue weighted by molar-refractivity contribution is 5.89. The second kappa shape index (κ2) is 4.88. The normalized spacial score (nSPS) is 21.7. The van der Waals surface area contributed by atoms with Gasteiger partial charge in [-0.3, -0.25) is 4.79 Å². The predicted molar refractivity (Wildman–Crippen MR) is 69.4 cm³/mol. The summed E-state index contributed by atoms with van der Waals surface area (Å²) in [7, 11) is 1.66. The molecule has 3 heteroatoms. The summed E-state index contributed by atoms with van der Waals surface area (Å²) >= 11 is 0. The standard InChI is InChI=1S/C15H22O3/c1-14(2)5-7-15(17-3,8-6-14)13(16)10-12-4-9-18-11-12/h4,9,11H,5-8,10H2,1-3H3. The molecule has 0 unspecified atom stereocenters. The molecule has 1 saturated carbocycles. The number of furan rings is 1. The van der Waals surface area contributed by atoms with E-state index >= 15 is 0 Å². The van der Waals surface area contributed by atoms with Crippen LogP contribution in [0.15, 0.2) is 23.0 Å². The molecule has 0 saturated heterocycles. The molecule has 2 rings (SSSR count). The van der Waals surface area contributed by atoms with Crippen LogP contribution >= 0.6 is 0 Å². The Morgan fingerprint density at radius 2 is 2.00 bits per heavy atom. The van der Waals surface area contributed by atoms with Gasteiger partial charge in [0.2, 0.25) is 0 Å². The van der Waals surface area contributed by atoms with Crippen molar-refractivity contribution in [3.8, 4) is 0 Å². The van der Waals surface area contributed by atoms with E-state index in [9.17, 15) is 4.79 Å². The van der Waals surface area contributed by atoms with Crippen molar-refractivity contribution in [3.63, 3.8) is 0 Å². The summed E-state index contributed by atoms with van der Waals surface area (Å²) in [6, 6.07) is 1.84. The van der Waals surface area contributed by atoms with E-state index < -0.39 is 5.60 Å². The Balaban J connectivity index is 2.06. The number of hydrogen-bond acceptors (Lipinski definition) is 3. The lowest BCUT2D eigenvalue weighted by Crippen LogP contribution is -2.46. The van der Waals surface area contributed by atoms with Gasteiger partial charge in [-0.25, -0.2) is 0 Å². The van der Waals surface area contributed by atoms with Gasteiger partial charge in [-0.1, -0.05) is 13.8 Å². The number of carbonyl (C=O) groups excluding carboxylic acids is 1. The Morgan fingerprint density at radius 1 is 1.33 bits per heavy atom. The number of ether oxygens (including phenoxy) is 1. The van der Waals surface area contributed by atoms with E-state index in [-0.39, 0.29) is 5.78 Å². The van der Waals surface area contributed by atoms with E-state index in [0.29, 0.717) is 11.8 Å². The molecule has 1 aromatic heterocycles. The number of hydrogen-bond donors (Lipinski definition) is 0. The SMILES string of the molecule is COC1(C(=O)Cc2ccoc2)CCC(C)(C)CC1. The summed E-state index contributed by atoms with van der Waals surface area (Å²) < 4.78 is 10.6. The Hall–Kier alpha value is -1.09. The third-order valence-corrected chi connectivity index (χ3v) is 4.25. The quantitative estimate of drug-likeness (QED) is 0.822. The minimum Gasteiger partial charge on any atom is -0.472 e. The molecule has 0 bridgehead atoms. The van der Waals surface area contributed by atoms with Gasteiger partial charge in [0.1, 0.15) is 5.60 Å². The lowest BCUT2D eigenvalue weighted by Gasteiger charge is -2.41. The maximum absolute atomic E-state index is 12.5. The van der Waals surface area contributed by atoms with Crippen LogP contribution in [0, 0.1) is 5.41 Å². The molecule has 1 heterocycles. The second-order valence-electron chi connectivity index (χ2n) is 6.09. The van der Waals surface area contributed by atoms with Crippen LogP contribution in [0.1, 0.15) is 45.1 Å². The summed E-state index contributed by atoms with van der Waals surface area (Å²) in [5.41, 5.74) is 0.686. The Bertz CT molecular complexity index is 393. The van der Waals surface area contributed by atoms with Crippen LogP contribution in [0.5, 0.6) is 0 Å². The number of carbonyl (C=O) groups is 1. The smallest absolute Gasteiger partial charge is 0.169 e. The van der Waals surface area contributed by atoms with Crippen molar-refractivity contribution in [3.05, 3.63) is 24.2 Å². The van der Waals surface area contributed by atoms with Gasteiger partial charge in [-0.05, 0) is 42.7 Å². The largest absolute Gasteiger partial charge is 0.472 e. The Morgan fingerprint density at radius 3 is 2.50 bits per heavy atom. The average Bonchev–Trinajstić information content (AvgIpc) is 2.82. The summed E-state index contributed by atoms with van der Waals surface area (Å²) in [5, 5.41) is 0. The van der Waals surface area contributed by atoms with Gasteiger partial charge in [0.25, 0.3) is 0 Å². The fourth-order valence-electron chi connectivity index (χ4n) is 2.67. The van der Waals surface area contributed by atoms with Crippen LogP contribution in [-0.2, 0) is 16.0 Å². The van der Waals surface area contributed by atoms with Crippen molar-refractivity contribution in [1.82, 2.24) is 0 Å². The minimum atomic E-state index is -0.577. The first-order valence-electron chi connectivity index (χ1n) is 6.57. The first-order chi connectivity index (χ1) is 8.47. The molecule has 0 radical (unpaired) electrons. The van der Waals surface area contributed by atoms with Gasteiger partial charge in [0, 0.05) is 13.5 Å². The molecule has 1 aliphatic rings. The number of Topliss-reactive ketones (excluding diaryl/α,β-unsaturated/α-hetero) is 1. The van der Waals surface area contributed by atoms with E-state index in [2.05, 4.69) is 13.8 Å². The molecule has 3 nitrogen and oxygen atoms in total. The molecule has 0 N–H and O–H groups in total. The highest BCUT2D eigenvalue weighted by atomic mass is 16.5. The number of ketones is 1. The zero-order valence-corrected chi connectivity index (χ0v) is 11.5. The van der Waals surface area contributed by atoms with Crippen LogP contribution < -0.4 is 0 Å². The van der Waals surface area contributed by atoms with Crippen LogP contribution in [0.3, 0.4) is 0 Å². The molecule has 18 heavy (non-hydrogen) atoms. The highest BCUT2D eigenvalue weighted by Crippen LogP contribution is 2.42. The second-order valence-corrected chi connectivity index (χ2v) is 6.09. The molecule has 0 atom stereocenters. The first-order valence-corrected chi connectivity index (χ1v) is 6.57. The van der Waals surface area contributed by atoms with Gasteiger partial charge >= 0.3 is 0 Å². The van der Waals surface area contributed by atoms with Crippen LogP contribution in [-0.4, -0.2) is 18.5 Å². The van der Waals surface area contributed by atoms with Gasteiger partial charge < -0.3 is 9.15 Å². The van der Waals surface area contributed by atoms with E-state index in [1.165, 1.54) is 0 Å². The van der Waals surface area contributed by atoms with Crippen molar-refractivity contribution in [1.29, 1.82) is 0 Å².